The number of rotatable bonds is 7. The van der Waals surface area contributed by atoms with Crippen molar-refractivity contribution in [2.45, 2.75) is 26.3 Å². The van der Waals surface area contributed by atoms with Gasteiger partial charge in [-0.2, -0.15) is 5.26 Å². The van der Waals surface area contributed by atoms with Crippen LogP contribution in [0, 0.1) is 11.3 Å². The standard InChI is InChI=1S/C14H20N2O2/c1-4-8-18-13-7-6-11(12(10-15)16-3)9-14(13)17-5-2/h6-7,9,12,16H,4-5,8H2,1-3H3. The summed E-state index contributed by atoms with van der Waals surface area (Å²) < 4.78 is 11.2. The maximum Gasteiger partial charge on any atom is 0.161 e. The third-order valence-electron chi connectivity index (χ3n) is 2.48. The van der Waals surface area contributed by atoms with Gasteiger partial charge in [-0.1, -0.05) is 13.0 Å². The number of hydrogen-bond acceptors (Lipinski definition) is 4. The second kappa shape index (κ2) is 7.57. The SMILES string of the molecule is CCCOc1ccc(C(C#N)NC)cc1OCC. The monoisotopic (exact) mass is 248 g/mol. The first-order valence-corrected chi connectivity index (χ1v) is 6.23. The quantitative estimate of drug-likeness (QED) is 0.806. The van der Waals surface area contributed by atoms with E-state index in [9.17, 15) is 0 Å². The molecule has 18 heavy (non-hydrogen) atoms. The van der Waals surface area contributed by atoms with Crippen molar-refractivity contribution < 1.29 is 9.47 Å². The molecule has 0 fully saturated rings. The maximum atomic E-state index is 9.03. The number of nitriles is 1. The molecule has 0 aliphatic heterocycles. The van der Waals surface area contributed by atoms with Crippen LogP contribution in [0.2, 0.25) is 0 Å². The van der Waals surface area contributed by atoms with Gasteiger partial charge in [-0.05, 0) is 38.1 Å². The van der Waals surface area contributed by atoms with Gasteiger partial charge in [0, 0.05) is 0 Å². The second-order valence-corrected chi connectivity index (χ2v) is 3.84. The Morgan fingerprint density at radius 2 is 2.06 bits per heavy atom. The molecule has 0 aliphatic carbocycles. The van der Waals surface area contributed by atoms with Gasteiger partial charge < -0.3 is 14.8 Å². The van der Waals surface area contributed by atoms with Gasteiger partial charge in [0.1, 0.15) is 6.04 Å². The summed E-state index contributed by atoms with van der Waals surface area (Å²) in [7, 11) is 1.76. The largest absolute Gasteiger partial charge is 0.490 e. The van der Waals surface area contributed by atoms with Crippen LogP contribution in [0.25, 0.3) is 0 Å². The molecule has 0 bridgehead atoms. The first-order chi connectivity index (χ1) is 8.76. The van der Waals surface area contributed by atoms with Crippen LogP contribution in [0.15, 0.2) is 18.2 Å². The van der Waals surface area contributed by atoms with Crippen LogP contribution in [-0.2, 0) is 0 Å². The molecule has 1 aromatic carbocycles. The Morgan fingerprint density at radius 1 is 1.28 bits per heavy atom. The summed E-state index contributed by atoms with van der Waals surface area (Å²) in [5.41, 5.74) is 0.882. The summed E-state index contributed by atoms with van der Waals surface area (Å²) in [6.45, 7) is 5.22. The highest BCUT2D eigenvalue weighted by Gasteiger charge is 2.12. The Bertz CT molecular complexity index is 413. The summed E-state index contributed by atoms with van der Waals surface area (Å²) in [6.07, 6.45) is 0.949. The lowest BCUT2D eigenvalue weighted by Gasteiger charge is -2.14. The van der Waals surface area contributed by atoms with Crippen molar-refractivity contribution in [1.82, 2.24) is 5.32 Å². The molecule has 0 saturated carbocycles. The van der Waals surface area contributed by atoms with E-state index in [4.69, 9.17) is 14.7 Å². The summed E-state index contributed by atoms with van der Waals surface area (Å²) >= 11 is 0. The van der Waals surface area contributed by atoms with E-state index in [1.807, 2.05) is 25.1 Å². The lowest BCUT2D eigenvalue weighted by atomic mass is 10.1. The third kappa shape index (κ3) is 3.64. The second-order valence-electron chi connectivity index (χ2n) is 3.84. The average molecular weight is 248 g/mol. The van der Waals surface area contributed by atoms with Crippen molar-refractivity contribution in [3.05, 3.63) is 23.8 Å². The summed E-state index contributed by atoms with van der Waals surface area (Å²) in [6, 6.07) is 7.47. The molecule has 0 aromatic heterocycles. The Labute approximate surface area is 109 Å². The smallest absolute Gasteiger partial charge is 0.161 e. The number of hydrogen-bond donors (Lipinski definition) is 1. The number of ether oxygens (including phenoxy) is 2. The van der Waals surface area contributed by atoms with Crippen molar-refractivity contribution >= 4 is 0 Å². The highest BCUT2D eigenvalue weighted by Crippen LogP contribution is 2.30. The van der Waals surface area contributed by atoms with E-state index >= 15 is 0 Å². The zero-order chi connectivity index (χ0) is 13.4. The van der Waals surface area contributed by atoms with Gasteiger partial charge in [-0.15, -0.1) is 0 Å². The van der Waals surface area contributed by atoms with Crippen LogP contribution in [0.4, 0.5) is 0 Å². The minimum Gasteiger partial charge on any atom is -0.490 e. The Kier molecular flexibility index (Phi) is 6.03. The molecule has 4 heteroatoms. The molecule has 0 heterocycles. The molecule has 1 N–H and O–H groups in total. The zero-order valence-corrected chi connectivity index (χ0v) is 11.2. The third-order valence-corrected chi connectivity index (χ3v) is 2.48. The van der Waals surface area contributed by atoms with Crippen LogP contribution in [0.5, 0.6) is 11.5 Å². The van der Waals surface area contributed by atoms with E-state index < -0.39 is 0 Å². The van der Waals surface area contributed by atoms with E-state index in [-0.39, 0.29) is 6.04 Å². The molecule has 0 spiro atoms. The maximum absolute atomic E-state index is 9.03. The average Bonchev–Trinajstić information content (AvgIpc) is 2.39. The van der Waals surface area contributed by atoms with Crippen molar-refractivity contribution in [3.63, 3.8) is 0 Å². The molecule has 1 aromatic rings. The highest BCUT2D eigenvalue weighted by molar-refractivity contribution is 5.44. The van der Waals surface area contributed by atoms with Crippen molar-refractivity contribution in [2.75, 3.05) is 20.3 Å². The topological polar surface area (TPSA) is 54.3 Å². The molecule has 4 nitrogen and oxygen atoms in total. The summed E-state index contributed by atoms with van der Waals surface area (Å²) in [4.78, 5) is 0. The molecule has 1 unspecified atom stereocenters. The molecule has 1 atom stereocenters. The van der Waals surface area contributed by atoms with Crippen LogP contribution >= 0.6 is 0 Å². The minimum absolute atomic E-state index is 0.329. The summed E-state index contributed by atoms with van der Waals surface area (Å²) in [5.74, 6) is 1.43. The Balaban J connectivity index is 2.98. The van der Waals surface area contributed by atoms with E-state index in [2.05, 4.69) is 18.3 Å². The van der Waals surface area contributed by atoms with Gasteiger partial charge in [0.15, 0.2) is 11.5 Å². The fraction of sp³-hybridized carbons (Fsp3) is 0.500. The van der Waals surface area contributed by atoms with E-state index in [0.29, 0.717) is 19.0 Å². The van der Waals surface area contributed by atoms with Crippen molar-refractivity contribution in [1.29, 1.82) is 5.26 Å². The minimum atomic E-state index is -0.329. The first kappa shape index (κ1) is 14.3. The van der Waals surface area contributed by atoms with Crippen LogP contribution in [0.3, 0.4) is 0 Å². The first-order valence-electron chi connectivity index (χ1n) is 6.23. The molecule has 0 aliphatic rings. The van der Waals surface area contributed by atoms with Gasteiger partial charge in [-0.25, -0.2) is 0 Å². The summed E-state index contributed by atoms with van der Waals surface area (Å²) in [5, 5.41) is 12.0. The van der Waals surface area contributed by atoms with Gasteiger partial charge in [0.2, 0.25) is 0 Å². The van der Waals surface area contributed by atoms with E-state index in [1.54, 1.807) is 7.05 Å². The normalized spacial score (nSPS) is 11.7. The highest BCUT2D eigenvalue weighted by atomic mass is 16.5. The molecule has 0 amide bonds. The Morgan fingerprint density at radius 3 is 2.61 bits per heavy atom. The van der Waals surface area contributed by atoms with Crippen molar-refractivity contribution in [3.8, 4) is 17.6 Å². The molecular formula is C14H20N2O2. The van der Waals surface area contributed by atoms with Gasteiger partial charge >= 0.3 is 0 Å². The van der Waals surface area contributed by atoms with Crippen LogP contribution < -0.4 is 14.8 Å². The van der Waals surface area contributed by atoms with E-state index in [1.165, 1.54) is 0 Å². The lowest BCUT2D eigenvalue weighted by Crippen LogP contribution is -2.14. The van der Waals surface area contributed by atoms with Crippen LogP contribution in [-0.4, -0.2) is 20.3 Å². The van der Waals surface area contributed by atoms with Crippen molar-refractivity contribution in [2.24, 2.45) is 0 Å². The number of benzene rings is 1. The Hall–Kier alpha value is -1.73. The fourth-order valence-corrected chi connectivity index (χ4v) is 1.61. The van der Waals surface area contributed by atoms with Gasteiger partial charge in [0.05, 0.1) is 19.3 Å². The predicted octanol–water partition coefficient (Wildman–Crippen LogP) is 2.66. The fourth-order valence-electron chi connectivity index (χ4n) is 1.61. The molecule has 98 valence electrons. The predicted molar refractivity (Wildman–Crippen MR) is 70.8 cm³/mol. The van der Waals surface area contributed by atoms with Gasteiger partial charge in [-0.3, -0.25) is 0 Å². The lowest BCUT2D eigenvalue weighted by molar-refractivity contribution is 0.276. The van der Waals surface area contributed by atoms with Gasteiger partial charge in [0.25, 0.3) is 0 Å². The molecule has 1 rings (SSSR count). The van der Waals surface area contributed by atoms with E-state index in [0.717, 1.165) is 17.7 Å². The zero-order valence-electron chi connectivity index (χ0n) is 11.2. The molecular weight excluding hydrogens is 228 g/mol. The molecule has 0 radical (unpaired) electrons. The number of nitrogens with one attached hydrogen (secondary N) is 1. The van der Waals surface area contributed by atoms with Crippen LogP contribution in [0.1, 0.15) is 31.9 Å². The molecule has 0 saturated heterocycles. The number of nitrogens with zero attached hydrogens (tertiary/aromatic N) is 1.